The van der Waals surface area contributed by atoms with Crippen molar-refractivity contribution in [1.82, 2.24) is 4.90 Å². The van der Waals surface area contributed by atoms with Crippen LogP contribution in [0.1, 0.15) is 11.1 Å². The molecule has 4 heteroatoms. The number of rotatable bonds is 5. The van der Waals surface area contributed by atoms with Crippen LogP contribution >= 0.6 is 0 Å². The molecule has 1 unspecified atom stereocenters. The van der Waals surface area contributed by atoms with E-state index in [9.17, 15) is 4.79 Å². The van der Waals surface area contributed by atoms with Gasteiger partial charge in [0, 0.05) is 20.7 Å². The van der Waals surface area contributed by atoms with Gasteiger partial charge in [-0.25, -0.2) is 0 Å². The van der Waals surface area contributed by atoms with Gasteiger partial charge >= 0.3 is 0 Å². The summed E-state index contributed by atoms with van der Waals surface area (Å²) in [6.45, 7) is 2.85. The van der Waals surface area contributed by atoms with E-state index < -0.39 is 6.04 Å². The summed E-state index contributed by atoms with van der Waals surface area (Å²) >= 11 is 0. The van der Waals surface area contributed by atoms with E-state index in [1.165, 1.54) is 12.7 Å². The largest absolute Gasteiger partial charge is 0.383 e. The number of hydrogen-bond donors (Lipinski definition) is 1. The number of aryl methyl sites for hydroxylation is 1. The topological polar surface area (TPSA) is 55.6 Å². The minimum absolute atomic E-state index is 0.102. The Morgan fingerprint density at radius 1 is 1.47 bits per heavy atom. The molecule has 0 spiro atoms. The van der Waals surface area contributed by atoms with Crippen molar-refractivity contribution in [3.05, 3.63) is 35.4 Å². The zero-order valence-electron chi connectivity index (χ0n) is 10.6. The second-order valence-corrected chi connectivity index (χ2v) is 4.18. The third-order valence-electron chi connectivity index (χ3n) is 2.71. The fraction of sp³-hybridized carbons (Fsp3) is 0.462. The fourth-order valence-corrected chi connectivity index (χ4v) is 1.65. The summed E-state index contributed by atoms with van der Waals surface area (Å²) in [4.78, 5) is 13.5. The lowest BCUT2D eigenvalue weighted by Gasteiger charge is -2.21. The van der Waals surface area contributed by atoms with E-state index >= 15 is 0 Å². The Balaban J connectivity index is 2.63. The highest BCUT2D eigenvalue weighted by atomic mass is 16.5. The monoisotopic (exact) mass is 236 g/mol. The minimum atomic E-state index is -0.589. The molecule has 0 aliphatic rings. The van der Waals surface area contributed by atoms with Gasteiger partial charge in [0.1, 0.15) is 6.04 Å². The second-order valence-electron chi connectivity index (χ2n) is 4.18. The molecule has 1 atom stereocenters. The van der Waals surface area contributed by atoms with E-state index in [4.69, 9.17) is 10.5 Å². The van der Waals surface area contributed by atoms with Gasteiger partial charge in [0.2, 0.25) is 5.91 Å². The summed E-state index contributed by atoms with van der Waals surface area (Å²) in [7, 11) is 3.29. The van der Waals surface area contributed by atoms with Crippen molar-refractivity contribution in [2.24, 2.45) is 5.73 Å². The Kier molecular flexibility index (Phi) is 5.12. The molecule has 0 saturated heterocycles. The maximum atomic E-state index is 11.9. The van der Waals surface area contributed by atoms with Crippen LogP contribution < -0.4 is 5.73 Å². The van der Waals surface area contributed by atoms with E-state index in [-0.39, 0.29) is 12.5 Å². The van der Waals surface area contributed by atoms with Crippen molar-refractivity contribution < 1.29 is 9.53 Å². The fourth-order valence-electron chi connectivity index (χ4n) is 1.65. The SMILES string of the molecule is COCC(N)C(=O)N(C)Cc1ccccc1C. The van der Waals surface area contributed by atoms with Crippen molar-refractivity contribution in [3.8, 4) is 0 Å². The summed E-state index contributed by atoms with van der Waals surface area (Å²) in [6, 6.07) is 7.41. The molecule has 0 aliphatic heterocycles. The summed E-state index contributed by atoms with van der Waals surface area (Å²) in [5.41, 5.74) is 8.01. The van der Waals surface area contributed by atoms with Crippen molar-refractivity contribution in [1.29, 1.82) is 0 Å². The molecule has 0 aliphatic carbocycles. The first-order chi connectivity index (χ1) is 8.06. The first-order valence-electron chi connectivity index (χ1n) is 5.60. The zero-order valence-corrected chi connectivity index (χ0v) is 10.6. The predicted molar refractivity (Wildman–Crippen MR) is 67.5 cm³/mol. The minimum Gasteiger partial charge on any atom is -0.383 e. The number of nitrogens with zero attached hydrogens (tertiary/aromatic N) is 1. The van der Waals surface area contributed by atoms with Crippen LogP contribution in [-0.4, -0.2) is 37.6 Å². The molecule has 17 heavy (non-hydrogen) atoms. The Bertz CT molecular complexity index is 379. The number of likely N-dealkylation sites (N-methyl/N-ethyl adjacent to an activating group) is 1. The number of carbonyl (C=O) groups excluding carboxylic acids is 1. The molecule has 1 aromatic rings. The van der Waals surface area contributed by atoms with Gasteiger partial charge in [-0.3, -0.25) is 4.79 Å². The highest BCUT2D eigenvalue weighted by Crippen LogP contribution is 2.09. The second kappa shape index (κ2) is 6.37. The van der Waals surface area contributed by atoms with Crippen molar-refractivity contribution >= 4 is 5.91 Å². The van der Waals surface area contributed by atoms with Crippen molar-refractivity contribution in [3.63, 3.8) is 0 Å². The van der Waals surface area contributed by atoms with Crippen LogP contribution in [0.3, 0.4) is 0 Å². The van der Waals surface area contributed by atoms with Gasteiger partial charge in [-0.15, -0.1) is 0 Å². The lowest BCUT2D eigenvalue weighted by molar-refractivity contribution is -0.132. The van der Waals surface area contributed by atoms with Gasteiger partial charge in [-0.2, -0.15) is 0 Å². The molecule has 1 rings (SSSR count). The van der Waals surface area contributed by atoms with Crippen LogP contribution in [-0.2, 0) is 16.1 Å². The number of carbonyl (C=O) groups is 1. The molecule has 4 nitrogen and oxygen atoms in total. The van der Waals surface area contributed by atoms with Crippen LogP contribution in [0.25, 0.3) is 0 Å². The lowest BCUT2D eigenvalue weighted by Crippen LogP contribution is -2.44. The molecule has 0 heterocycles. The Morgan fingerprint density at radius 2 is 2.12 bits per heavy atom. The average Bonchev–Trinajstić information content (AvgIpc) is 2.31. The number of benzene rings is 1. The van der Waals surface area contributed by atoms with Crippen LogP contribution in [0, 0.1) is 6.92 Å². The lowest BCUT2D eigenvalue weighted by atomic mass is 10.1. The molecule has 0 aromatic heterocycles. The molecule has 2 N–H and O–H groups in total. The van der Waals surface area contributed by atoms with Crippen LogP contribution in [0.15, 0.2) is 24.3 Å². The van der Waals surface area contributed by atoms with Crippen LogP contribution in [0.5, 0.6) is 0 Å². The summed E-state index contributed by atoms with van der Waals surface area (Å²) < 4.78 is 4.88. The standard InChI is InChI=1S/C13H20N2O2/c1-10-6-4-5-7-11(10)8-15(2)13(16)12(14)9-17-3/h4-7,12H,8-9,14H2,1-3H3. The maximum absolute atomic E-state index is 11.9. The molecule has 0 bridgehead atoms. The first-order valence-corrected chi connectivity index (χ1v) is 5.60. The molecule has 1 aromatic carbocycles. The molecule has 0 radical (unpaired) electrons. The van der Waals surface area contributed by atoms with Gasteiger partial charge < -0.3 is 15.4 Å². The first kappa shape index (κ1) is 13.7. The summed E-state index contributed by atoms with van der Waals surface area (Å²) in [5, 5.41) is 0. The van der Waals surface area contributed by atoms with Gasteiger partial charge in [0.25, 0.3) is 0 Å². The van der Waals surface area contributed by atoms with Crippen LogP contribution in [0.4, 0.5) is 0 Å². The van der Waals surface area contributed by atoms with E-state index in [1.807, 2.05) is 31.2 Å². The van der Waals surface area contributed by atoms with Gasteiger partial charge in [0.15, 0.2) is 0 Å². The zero-order chi connectivity index (χ0) is 12.8. The summed E-state index contributed by atoms with van der Waals surface area (Å²) in [6.07, 6.45) is 0. The van der Waals surface area contributed by atoms with E-state index in [2.05, 4.69) is 0 Å². The Hall–Kier alpha value is -1.39. The predicted octanol–water partition coefficient (Wildman–Crippen LogP) is 0.927. The normalized spacial score (nSPS) is 12.2. The Labute approximate surface area is 102 Å². The molecule has 94 valence electrons. The average molecular weight is 236 g/mol. The number of amides is 1. The Morgan fingerprint density at radius 3 is 2.71 bits per heavy atom. The van der Waals surface area contributed by atoms with Gasteiger partial charge in [0.05, 0.1) is 6.61 Å². The van der Waals surface area contributed by atoms with Gasteiger partial charge in [-0.05, 0) is 18.1 Å². The van der Waals surface area contributed by atoms with Crippen LogP contribution in [0.2, 0.25) is 0 Å². The third kappa shape index (κ3) is 3.84. The molecule has 0 saturated carbocycles. The number of nitrogens with two attached hydrogens (primary N) is 1. The number of ether oxygens (including phenoxy) is 1. The molecule has 0 fully saturated rings. The van der Waals surface area contributed by atoms with E-state index in [0.717, 1.165) is 5.56 Å². The quantitative estimate of drug-likeness (QED) is 0.827. The highest BCUT2D eigenvalue weighted by molar-refractivity contribution is 5.81. The molecular weight excluding hydrogens is 216 g/mol. The molecule has 1 amide bonds. The highest BCUT2D eigenvalue weighted by Gasteiger charge is 2.18. The smallest absolute Gasteiger partial charge is 0.241 e. The van der Waals surface area contributed by atoms with Gasteiger partial charge in [-0.1, -0.05) is 24.3 Å². The van der Waals surface area contributed by atoms with E-state index in [0.29, 0.717) is 6.54 Å². The summed E-state index contributed by atoms with van der Waals surface area (Å²) in [5.74, 6) is -0.102. The third-order valence-corrected chi connectivity index (χ3v) is 2.71. The van der Waals surface area contributed by atoms with Crippen molar-refractivity contribution in [2.75, 3.05) is 20.8 Å². The molecular formula is C13H20N2O2. The van der Waals surface area contributed by atoms with Crippen molar-refractivity contribution in [2.45, 2.75) is 19.5 Å². The number of hydrogen-bond acceptors (Lipinski definition) is 3. The van der Waals surface area contributed by atoms with E-state index in [1.54, 1.807) is 11.9 Å². The number of methoxy groups -OCH3 is 1. The maximum Gasteiger partial charge on any atom is 0.241 e.